The molecule has 0 aromatic heterocycles. The van der Waals surface area contributed by atoms with E-state index in [-0.39, 0.29) is 38.4 Å². The first-order valence-electron chi connectivity index (χ1n) is 6.46. The first-order valence-corrected chi connectivity index (χ1v) is 12.0. The second kappa shape index (κ2) is 11.1. The van der Waals surface area contributed by atoms with Gasteiger partial charge in [-0.1, -0.05) is 0 Å². The Hall–Kier alpha value is -0.706. The zero-order valence-corrected chi connectivity index (χ0v) is 14.4. The summed E-state index contributed by atoms with van der Waals surface area (Å²) in [7, 11) is -2.31. The van der Waals surface area contributed by atoms with Crippen molar-refractivity contribution in [1.29, 1.82) is 0 Å². The van der Waals surface area contributed by atoms with E-state index in [1.165, 1.54) is 0 Å². The van der Waals surface area contributed by atoms with Crippen molar-refractivity contribution in [3.63, 3.8) is 0 Å². The molecule has 0 amide bonds. The normalized spacial score (nSPS) is 10.8. The maximum absolute atomic E-state index is 11.3. The summed E-state index contributed by atoms with van der Waals surface area (Å²) >= 11 is 0. The number of ether oxygens (including phenoxy) is 2. The van der Waals surface area contributed by atoms with Crippen LogP contribution in [0.4, 0.5) is 0 Å². The number of rotatable bonds is 10. The molecular weight excluding hydrogens is 284 g/mol. The van der Waals surface area contributed by atoms with Crippen molar-refractivity contribution in [1.82, 2.24) is 0 Å². The number of carbonyl (C=O) groups is 2. The summed E-state index contributed by atoms with van der Waals surface area (Å²) < 4.78 is 20.1. The first kappa shape index (κ1) is 18.3. The van der Waals surface area contributed by atoms with Crippen LogP contribution < -0.4 is 0 Å². The Morgan fingerprint density at radius 3 is 1.47 bits per heavy atom. The quantitative estimate of drug-likeness (QED) is 0.343. The Balaban J connectivity index is 3.45. The third kappa shape index (κ3) is 13.5. The molecule has 0 saturated carbocycles. The standard InChI is InChI=1S/C11H24O6Si2/c1-18(2)16-8-14-10(12)6-5-7-11(13)15-9-17-19(3)4/h18-19H,5-9H2,1-4H3. The minimum atomic E-state index is -1.16. The molecule has 0 rings (SSSR count). The summed E-state index contributed by atoms with van der Waals surface area (Å²) in [5.74, 6) is -0.707. The van der Waals surface area contributed by atoms with Gasteiger partial charge in [-0.3, -0.25) is 9.59 Å². The fraction of sp³-hybridized carbons (Fsp3) is 0.818. The summed E-state index contributed by atoms with van der Waals surface area (Å²) in [6.45, 7) is 8.00. The molecule has 0 aliphatic rings. The predicted molar refractivity (Wildman–Crippen MR) is 75.7 cm³/mol. The van der Waals surface area contributed by atoms with E-state index in [4.69, 9.17) is 18.3 Å². The molecule has 0 spiro atoms. The molecule has 0 bridgehead atoms. The smallest absolute Gasteiger partial charge is 0.307 e. The summed E-state index contributed by atoms with van der Waals surface area (Å²) in [5, 5.41) is 0. The molecule has 0 radical (unpaired) electrons. The average molecular weight is 308 g/mol. The van der Waals surface area contributed by atoms with Crippen LogP contribution in [0.15, 0.2) is 0 Å². The van der Waals surface area contributed by atoms with Gasteiger partial charge in [-0.25, -0.2) is 0 Å². The Morgan fingerprint density at radius 1 is 0.789 bits per heavy atom. The molecule has 112 valence electrons. The Labute approximate surface area is 117 Å². The summed E-state index contributed by atoms with van der Waals surface area (Å²) in [6.07, 6.45) is 0.797. The van der Waals surface area contributed by atoms with Gasteiger partial charge >= 0.3 is 11.9 Å². The minimum Gasteiger partial charge on any atom is -0.439 e. The van der Waals surface area contributed by atoms with Gasteiger partial charge in [0.2, 0.25) is 0 Å². The molecule has 0 aromatic carbocycles. The number of hydrogen-bond donors (Lipinski definition) is 0. The molecule has 0 heterocycles. The third-order valence-corrected chi connectivity index (χ3v) is 3.61. The second-order valence-electron chi connectivity index (χ2n) is 4.55. The van der Waals surface area contributed by atoms with Crippen LogP contribution >= 0.6 is 0 Å². The third-order valence-electron chi connectivity index (χ3n) is 2.00. The summed E-state index contributed by atoms with van der Waals surface area (Å²) in [6, 6.07) is 0. The van der Waals surface area contributed by atoms with Gasteiger partial charge in [0.05, 0.1) is 0 Å². The highest BCUT2D eigenvalue weighted by molar-refractivity contribution is 6.48. The Bertz CT molecular complexity index is 244. The predicted octanol–water partition coefficient (Wildman–Crippen LogP) is 1.16. The molecule has 0 atom stereocenters. The molecule has 0 aromatic rings. The van der Waals surface area contributed by atoms with Gasteiger partial charge in [-0.05, 0) is 32.6 Å². The molecule has 0 saturated heterocycles. The Kier molecular flexibility index (Phi) is 10.7. The van der Waals surface area contributed by atoms with Gasteiger partial charge in [0.15, 0.2) is 31.7 Å². The fourth-order valence-electron chi connectivity index (χ4n) is 0.993. The van der Waals surface area contributed by atoms with Crippen LogP contribution in [0.1, 0.15) is 19.3 Å². The molecule has 0 unspecified atom stereocenters. The molecule has 0 aliphatic carbocycles. The van der Waals surface area contributed by atoms with Crippen molar-refractivity contribution in [2.45, 2.75) is 45.5 Å². The number of esters is 2. The first-order chi connectivity index (χ1) is 8.91. The maximum atomic E-state index is 11.3. The molecule has 6 nitrogen and oxygen atoms in total. The van der Waals surface area contributed by atoms with Crippen LogP contribution in [0.3, 0.4) is 0 Å². The monoisotopic (exact) mass is 308 g/mol. The molecule has 0 aliphatic heterocycles. The minimum absolute atomic E-state index is 0.0139. The van der Waals surface area contributed by atoms with E-state index >= 15 is 0 Å². The highest BCUT2D eigenvalue weighted by atomic mass is 28.3. The largest absolute Gasteiger partial charge is 0.439 e. The zero-order chi connectivity index (χ0) is 14.7. The lowest BCUT2D eigenvalue weighted by Gasteiger charge is -2.08. The number of hydrogen-bond acceptors (Lipinski definition) is 6. The van der Waals surface area contributed by atoms with Crippen LogP contribution in [0.5, 0.6) is 0 Å². The van der Waals surface area contributed by atoms with E-state index in [1.807, 2.05) is 26.2 Å². The lowest BCUT2D eigenvalue weighted by molar-refractivity contribution is -0.152. The van der Waals surface area contributed by atoms with E-state index in [9.17, 15) is 9.59 Å². The van der Waals surface area contributed by atoms with Crippen LogP contribution in [-0.4, -0.2) is 43.6 Å². The molecule has 19 heavy (non-hydrogen) atoms. The molecule has 0 N–H and O–H groups in total. The van der Waals surface area contributed by atoms with Crippen LogP contribution in [0.2, 0.25) is 26.2 Å². The lowest BCUT2D eigenvalue weighted by atomic mass is 10.2. The summed E-state index contributed by atoms with van der Waals surface area (Å²) in [5.41, 5.74) is 0. The zero-order valence-electron chi connectivity index (χ0n) is 12.1. The van der Waals surface area contributed by atoms with Crippen molar-refractivity contribution in [2.75, 3.05) is 13.6 Å². The average Bonchev–Trinajstić information content (AvgIpc) is 2.27. The van der Waals surface area contributed by atoms with E-state index in [0.29, 0.717) is 6.42 Å². The van der Waals surface area contributed by atoms with Crippen molar-refractivity contribution >= 4 is 30.0 Å². The van der Waals surface area contributed by atoms with E-state index < -0.39 is 18.1 Å². The van der Waals surface area contributed by atoms with Gasteiger partial charge in [0, 0.05) is 12.8 Å². The van der Waals surface area contributed by atoms with Crippen molar-refractivity contribution in [3.05, 3.63) is 0 Å². The molecular formula is C11H24O6Si2. The Morgan fingerprint density at radius 2 is 1.16 bits per heavy atom. The van der Waals surface area contributed by atoms with Gasteiger partial charge in [0.1, 0.15) is 0 Å². The highest BCUT2D eigenvalue weighted by Gasteiger charge is 2.08. The summed E-state index contributed by atoms with van der Waals surface area (Å²) in [4.78, 5) is 22.5. The SMILES string of the molecule is C[SiH](C)OCOC(=O)CCCC(=O)OCO[SiH](C)C. The van der Waals surface area contributed by atoms with Crippen LogP contribution in [0.25, 0.3) is 0 Å². The topological polar surface area (TPSA) is 71.1 Å². The fourth-order valence-corrected chi connectivity index (χ4v) is 1.67. The van der Waals surface area contributed by atoms with Gasteiger partial charge in [0.25, 0.3) is 0 Å². The van der Waals surface area contributed by atoms with E-state index in [2.05, 4.69) is 0 Å². The second-order valence-corrected chi connectivity index (χ2v) is 9.41. The van der Waals surface area contributed by atoms with E-state index in [1.54, 1.807) is 0 Å². The van der Waals surface area contributed by atoms with Crippen molar-refractivity contribution < 1.29 is 27.9 Å². The van der Waals surface area contributed by atoms with E-state index in [0.717, 1.165) is 0 Å². The van der Waals surface area contributed by atoms with Gasteiger partial charge < -0.3 is 18.3 Å². The highest BCUT2D eigenvalue weighted by Crippen LogP contribution is 2.00. The lowest BCUT2D eigenvalue weighted by Crippen LogP contribution is -2.16. The van der Waals surface area contributed by atoms with Gasteiger partial charge in [-0.15, -0.1) is 0 Å². The number of carbonyl (C=O) groups excluding carboxylic acids is 2. The van der Waals surface area contributed by atoms with Gasteiger partial charge in [-0.2, -0.15) is 0 Å². The molecule has 8 heteroatoms. The van der Waals surface area contributed by atoms with Crippen LogP contribution in [0, 0.1) is 0 Å². The maximum Gasteiger partial charge on any atom is 0.307 e. The van der Waals surface area contributed by atoms with Crippen molar-refractivity contribution in [3.8, 4) is 0 Å². The molecule has 0 fully saturated rings. The van der Waals surface area contributed by atoms with Crippen molar-refractivity contribution in [2.24, 2.45) is 0 Å². The van der Waals surface area contributed by atoms with Crippen LogP contribution in [-0.2, 0) is 27.9 Å².